The maximum Gasteiger partial charge on any atom is 0.195 e. The van der Waals surface area contributed by atoms with E-state index in [1.807, 2.05) is 53.4 Å². The molecule has 5 heteroatoms. The molecule has 3 rings (SSSR count). The minimum atomic E-state index is 0.0433. The van der Waals surface area contributed by atoms with Gasteiger partial charge in [0.15, 0.2) is 5.78 Å². The van der Waals surface area contributed by atoms with Crippen LogP contribution in [0.3, 0.4) is 0 Å². The van der Waals surface area contributed by atoms with Crippen molar-refractivity contribution in [2.24, 2.45) is 0 Å². The van der Waals surface area contributed by atoms with Crippen LogP contribution in [0.5, 0.6) is 5.75 Å². The van der Waals surface area contributed by atoms with Gasteiger partial charge in [-0.05, 0) is 48.4 Å². The Morgan fingerprint density at radius 2 is 2.19 bits per heavy atom. The SMILES string of the molecule is CCCc1ccc(C(=O)/C=C/c2ccc(OC)c(Cn3cccn3)c2)s1. The van der Waals surface area contributed by atoms with Crippen molar-refractivity contribution in [1.29, 1.82) is 0 Å². The lowest BCUT2D eigenvalue weighted by Gasteiger charge is -2.09. The fourth-order valence-corrected chi connectivity index (χ4v) is 3.77. The van der Waals surface area contributed by atoms with E-state index in [9.17, 15) is 4.79 Å². The lowest BCUT2D eigenvalue weighted by atomic mass is 10.1. The van der Waals surface area contributed by atoms with Crippen molar-refractivity contribution < 1.29 is 9.53 Å². The van der Waals surface area contributed by atoms with Crippen LogP contribution >= 0.6 is 11.3 Å². The molecule has 0 saturated heterocycles. The van der Waals surface area contributed by atoms with E-state index in [1.54, 1.807) is 30.7 Å². The molecule has 26 heavy (non-hydrogen) atoms. The van der Waals surface area contributed by atoms with Gasteiger partial charge in [0.05, 0.1) is 18.5 Å². The summed E-state index contributed by atoms with van der Waals surface area (Å²) in [6.07, 6.45) is 9.28. The molecule has 1 aromatic carbocycles. The minimum absolute atomic E-state index is 0.0433. The molecule has 0 unspecified atom stereocenters. The van der Waals surface area contributed by atoms with Gasteiger partial charge in [-0.1, -0.05) is 25.5 Å². The third-order valence-corrected chi connectivity index (χ3v) is 5.18. The van der Waals surface area contributed by atoms with Crippen LogP contribution in [-0.4, -0.2) is 22.7 Å². The zero-order valence-corrected chi connectivity index (χ0v) is 15.8. The lowest BCUT2D eigenvalue weighted by Crippen LogP contribution is -2.02. The van der Waals surface area contributed by atoms with Crippen LogP contribution in [0.2, 0.25) is 0 Å². The van der Waals surface area contributed by atoms with E-state index >= 15 is 0 Å². The summed E-state index contributed by atoms with van der Waals surface area (Å²) < 4.78 is 7.28. The van der Waals surface area contributed by atoms with Crippen LogP contribution in [-0.2, 0) is 13.0 Å². The molecule has 0 spiro atoms. The van der Waals surface area contributed by atoms with Gasteiger partial charge in [0.1, 0.15) is 5.75 Å². The highest BCUT2D eigenvalue weighted by Gasteiger charge is 2.07. The van der Waals surface area contributed by atoms with Crippen LogP contribution < -0.4 is 4.74 Å². The Bertz CT molecular complexity index is 895. The molecule has 0 saturated carbocycles. The highest BCUT2D eigenvalue weighted by atomic mass is 32.1. The van der Waals surface area contributed by atoms with Gasteiger partial charge < -0.3 is 4.74 Å². The van der Waals surface area contributed by atoms with Crippen LogP contribution in [0.1, 0.15) is 39.0 Å². The van der Waals surface area contributed by atoms with Gasteiger partial charge in [-0.15, -0.1) is 11.3 Å². The van der Waals surface area contributed by atoms with E-state index in [-0.39, 0.29) is 5.78 Å². The maximum atomic E-state index is 12.4. The normalized spacial score (nSPS) is 11.2. The first kappa shape index (κ1) is 18.1. The Labute approximate surface area is 157 Å². The summed E-state index contributed by atoms with van der Waals surface area (Å²) in [6.45, 7) is 2.77. The van der Waals surface area contributed by atoms with Crippen molar-refractivity contribution in [3.63, 3.8) is 0 Å². The Morgan fingerprint density at radius 3 is 2.92 bits per heavy atom. The average molecular weight is 366 g/mol. The van der Waals surface area contributed by atoms with Gasteiger partial charge in [0, 0.05) is 22.8 Å². The molecule has 0 aliphatic rings. The molecular weight excluding hydrogens is 344 g/mol. The van der Waals surface area contributed by atoms with Gasteiger partial charge >= 0.3 is 0 Å². The number of hydrogen-bond acceptors (Lipinski definition) is 4. The zero-order chi connectivity index (χ0) is 18.4. The number of nitrogens with zero attached hydrogens (tertiary/aromatic N) is 2. The summed E-state index contributed by atoms with van der Waals surface area (Å²) in [5.74, 6) is 0.855. The van der Waals surface area contributed by atoms with Crippen molar-refractivity contribution in [2.45, 2.75) is 26.3 Å². The summed E-state index contributed by atoms with van der Waals surface area (Å²) in [4.78, 5) is 14.4. The minimum Gasteiger partial charge on any atom is -0.496 e. The molecule has 0 amide bonds. The van der Waals surface area contributed by atoms with Crippen LogP contribution in [0, 0.1) is 0 Å². The van der Waals surface area contributed by atoms with Crippen molar-refractivity contribution in [3.8, 4) is 5.75 Å². The van der Waals surface area contributed by atoms with E-state index in [0.717, 1.165) is 34.6 Å². The van der Waals surface area contributed by atoms with Gasteiger partial charge in [-0.25, -0.2) is 0 Å². The second-order valence-corrected chi connectivity index (χ2v) is 7.16. The Morgan fingerprint density at radius 1 is 1.31 bits per heavy atom. The van der Waals surface area contributed by atoms with Crippen molar-refractivity contribution in [1.82, 2.24) is 9.78 Å². The number of allylic oxidation sites excluding steroid dienone is 1. The number of carbonyl (C=O) groups excluding carboxylic acids is 1. The first-order chi connectivity index (χ1) is 12.7. The molecule has 0 aliphatic heterocycles. The van der Waals surface area contributed by atoms with E-state index in [2.05, 4.69) is 12.0 Å². The van der Waals surface area contributed by atoms with Crippen molar-refractivity contribution in [3.05, 3.63) is 75.7 Å². The summed E-state index contributed by atoms with van der Waals surface area (Å²) in [5.41, 5.74) is 1.98. The zero-order valence-electron chi connectivity index (χ0n) is 15.0. The number of ether oxygens (including phenoxy) is 1. The number of hydrogen-bond donors (Lipinski definition) is 0. The number of ketones is 1. The monoisotopic (exact) mass is 366 g/mol. The largest absolute Gasteiger partial charge is 0.496 e. The second-order valence-electron chi connectivity index (χ2n) is 5.99. The van der Waals surface area contributed by atoms with E-state index < -0.39 is 0 Å². The van der Waals surface area contributed by atoms with Gasteiger partial charge in [-0.3, -0.25) is 9.48 Å². The lowest BCUT2D eigenvalue weighted by molar-refractivity contribution is 0.105. The molecule has 2 heterocycles. The van der Waals surface area contributed by atoms with Crippen LogP contribution in [0.25, 0.3) is 6.08 Å². The van der Waals surface area contributed by atoms with Gasteiger partial charge in [-0.2, -0.15) is 5.10 Å². The molecule has 0 aliphatic carbocycles. The van der Waals surface area contributed by atoms with Crippen molar-refractivity contribution >= 4 is 23.2 Å². The predicted molar refractivity (Wildman–Crippen MR) is 106 cm³/mol. The highest BCUT2D eigenvalue weighted by Crippen LogP contribution is 2.23. The molecule has 3 aromatic rings. The molecular formula is C21H22N2O2S. The predicted octanol–water partition coefficient (Wildman–Crippen LogP) is 4.85. The molecule has 134 valence electrons. The van der Waals surface area contributed by atoms with Crippen molar-refractivity contribution in [2.75, 3.05) is 7.11 Å². The highest BCUT2D eigenvalue weighted by molar-refractivity contribution is 7.14. The Hall–Kier alpha value is -2.66. The first-order valence-electron chi connectivity index (χ1n) is 8.65. The smallest absolute Gasteiger partial charge is 0.195 e. The third-order valence-electron chi connectivity index (χ3n) is 4.02. The topological polar surface area (TPSA) is 44.1 Å². The number of rotatable bonds is 8. The molecule has 0 N–H and O–H groups in total. The quantitative estimate of drug-likeness (QED) is 0.423. The number of aryl methyl sites for hydroxylation is 1. The van der Waals surface area contributed by atoms with Crippen LogP contribution in [0.4, 0.5) is 0 Å². The average Bonchev–Trinajstić information content (AvgIpc) is 3.32. The number of aromatic nitrogens is 2. The number of carbonyl (C=O) groups is 1. The summed E-state index contributed by atoms with van der Waals surface area (Å²) in [5, 5.41) is 4.24. The van der Waals surface area contributed by atoms with E-state index in [0.29, 0.717) is 6.54 Å². The van der Waals surface area contributed by atoms with Gasteiger partial charge in [0.2, 0.25) is 0 Å². The summed E-state index contributed by atoms with van der Waals surface area (Å²) >= 11 is 1.58. The molecule has 0 atom stereocenters. The first-order valence-corrected chi connectivity index (χ1v) is 9.46. The maximum absolute atomic E-state index is 12.4. The van der Waals surface area contributed by atoms with E-state index in [4.69, 9.17) is 4.74 Å². The number of methoxy groups -OCH3 is 1. The molecule has 0 bridgehead atoms. The Kier molecular flexibility index (Phi) is 6.02. The fourth-order valence-electron chi connectivity index (χ4n) is 2.74. The van der Waals surface area contributed by atoms with Gasteiger partial charge in [0.25, 0.3) is 0 Å². The standard InChI is InChI=1S/C21H22N2O2S/c1-3-5-18-8-11-21(26-18)19(24)9-6-16-7-10-20(25-2)17(14-16)15-23-13-4-12-22-23/h4,6-14H,3,5,15H2,1-2H3/b9-6+. The fraction of sp³-hybridized carbons (Fsp3) is 0.238. The molecule has 4 nitrogen and oxygen atoms in total. The summed E-state index contributed by atoms with van der Waals surface area (Å²) in [6, 6.07) is 11.8. The molecule has 2 aromatic heterocycles. The molecule has 0 radical (unpaired) electrons. The summed E-state index contributed by atoms with van der Waals surface area (Å²) in [7, 11) is 1.66. The third kappa shape index (κ3) is 4.49. The number of thiophene rings is 1. The van der Waals surface area contributed by atoms with E-state index in [1.165, 1.54) is 4.88 Å². The second kappa shape index (κ2) is 8.63. The number of benzene rings is 1. The van der Waals surface area contributed by atoms with Crippen LogP contribution in [0.15, 0.2) is 54.9 Å². The Balaban J connectivity index is 1.75. The molecule has 0 fully saturated rings.